The third kappa shape index (κ3) is 4.80. The van der Waals surface area contributed by atoms with Crippen LogP contribution in [0.4, 0.5) is 0 Å². The van der Waals surface area contributed by atoms with Gasteiger partial charge in [0.1, 0.15) is 6.04 Å². The molecule has 1 saturated carbocycles. The zero-order chi connectivity index (χ0) is 15.5. The number of aliphatic carboxylic acids is 1. The van der Waals surface area contributed by atoms with Crippen LogP contribution in [0.2, 0.25) is 0 Å². The molecule has 7 heteroatoms. The van der Waals surface area contributed by atoms with E-state index in [1.165, 1.54) is 11.4 Å². The van der Waals surface area contributed by atoms with E-state index in [1.54, 1.807) is 24.3 Å². The first-order valence-corrected chi connectivity index (χ1v) is 8.33. The predicted octanol–water partition coefficient (Wildman–Crippen LogP) is 0.858. The van der Waals surface area contributed by atoms with E-state index in [2.05, 4.69) is 4.72 Å². The Kier molecular flexibility index (Phi) is 4.97. The van der Waals surface area contributed by atoms with Crippen molar-refractivity contribution in [3.8, 4) is 0 Å². The largest absolute Gasteiger partial charge is 0.480 e. The second-order valence-corrected chi connectivity index (χ2v) is 7.24. The Morgan fingerprint density at radius 1 is 1.38 bits per heavy atom. The molecule has 2 rings (SSSR count). The SMILES string of the molecule is CN(CC1CC1)S(=O)(=O)N[C@@H](Cc1ccccc1)C(=O)O. The number of nitrogens with one attached hydrogen (secondary N) is 1. The van der Waals surface area contributed by atoms with Crippen LogP contribution >= 0.6 is 0 Å². The van der Waals surface area contributed by atoms with Crippen LogP contribution in [0.15, 0.2) is 30.3 Å². The molecule has 6 nitrogen and oxygen atoms in total. The van der Waals surface area contributed by atoms with Gasteiger partial charge in [0.05, 0.1) is 0 Å². The van der Waals surface area contributed by atoms with E-state index in [0.717, 1.165) is 18.4 Å². The fourth-order valence-electron chi connectivity index (χ4n) is 2.06. The van der Waals surface area contributed by atoms with Gasteiger partial charge in [-0.3, -0.25) is 4.79 Å². The van der Waals surface area contributed by atoms with Crippen LogP contribution in [0.1, 0.15) is 18.4 Å². The van der Waals surface area contributed by atoms with Gasteiger partial charge in [-0.05, 0) is 30.7 Å². The first kappa shape index (κ1) is 15.9. The van der Waals surface area contributed by atoms with Crippen molar-refractivity contribution >= 4 is 16.2 Å². The molecule has 0 saturated heterocycles. The van der Waals surface area contributed by atoms with Gasteiger partial charge >= 0.3 is 5.97 Å². The molecule has 0 unspecified atom stereocenters. The summed E-state index contributed by atoms with van der Waals surface area (Å²) < 4.78 is 27.8. The Morgan fingerprint density at radius 2 is 2.00 bits per heavy atom. The molecule has 116 valence electrons. The molecule has 0 amide bonds. The van der Waals surface area contributed by atoms with Gasteiger partial charge in [-0.1, -0.05) is 30.3 Å². The molecule has 0 spiro atoms. The minimum absolute atomic E-state index is 0.118. The van der Waals surface area contributed by atoms with Crippen LogP contribution in [-0.4, -0.2) is 43.4 Å². The minimum atomic E-state index is -3.78. The van der Waals surface area contributed by atoms with Gasteiger partial charge in [-0.25, -0.2) is 0 Å². The van der Waals surface area contributed by atoms with Gasteiger partial charge in [-0.2, -0.15) is 17.4 Å². The molecule has 0 radical (unpaired) electrons. The predicted molar refractivity (Wildman–Crippen MR) is 79.0 cm³/mol. The number of carbonyl (C=O) groups is 1. The summed E-state index contributed by atoms with van der Waals surface area (Å²) >= 11 is 0. The van der Waals surface area contributed by atoms with Gasteiger partial charge in [0.25, 0.3) is 10.2 Å². The highest BCUT2D eigenvalue weighted by atomic mass is 32.2. The standard InChI is InChI=1S/C14H20N2O4S/c1-16(10-12-7-8-12)21(19,20)15-13(14(17)18)9-11-5-3-2-4-6-11/h2-6,12-13,15H,7-10H2,1H3,(H,17,18)/t13-/m0/s1. The van der Waals surface area contributed by atoms with Crippen molar-refractivity contribution in [1.29, 1.82) is 0 Å². The van der Waals surface area contributed by atoms with Crippen molar-refractivity contribution in [1.82, 2.24) is 9.03 Å². The zero-order valence-corrected chi connectivity index (χ0v) is 12.7. The maximum absolute atomic E-state index is 12.2. The van der Waals surface area contributed by atoms with E-state index < -0.39 is 22.2 Å². The number of hydrogen-bond donors (Lipinski definition) is 2. The first-order chi connectivity index (χ1) is 9.88. The second-order valence-electron chi connectivity index (χ2n) is 5.43. The Hall–Kier alpha value is -1.44. The smallest absolute Gasteiger partial charge is 0.322 e. The van der Waals surface area contributed by atoms with E-state index in [9.17, 15) is 18.3 Å². The van der Waals surface area contributed by atoms with E-state index in [0.29, 0.717) is 12.5 Å². The maximum Gasteiger partial charge on any atom is 0.322 e. The minimum Gasteiger partial charge on any atom is -0.480 e. The summed E-state index contributed by atoms with van der Waals surface area (Å²) in [6, 6.07) is 7.80. The molecule has 0 bridgehead atoms. The Morgan fingerprint density at radius 3 is 2.52 bits per heavy atom. The summed E-state index contributed by atoms with van der Waals surface area (Å²) in [7, 11) is -2.30. The van der Waals surface area contributed by atoms with Gasteiger partial charge in [-0.15, -0.1) is 0 Å². The molecular formula is C14H20N2O4S. The number of benzene rings is 1. The van der Waals surface area contributed by atoms with Crippen LogP contribution in [0.25, 0.3) is 0 Å². The molecule has 0 aliphatic heterocycles. The van der Waals surface area contributed by atoms with E-state index in [4.69, 9.17) is 0 Å². The van der Waals surface area contributed by atoms with E-state index in [1.807, 2.05) is 6.07 Å². The molecule has 1 fully saturated rings. The highest BCUT2D eigenvalue weighted by Gasteiger charge is 2.31. The van der Waals surface area contributed by atoms with Crippen molar-refractivity contribution in [2.24, 2.45) is 5.92 Å². The van der Waals surface area contributed by atoms with Crippen molar-refractivity contribution in [3.63, 3.8) is 0 Å². The first-order valence-electron chi connectivity index (χ1n) is 6.89. The summed E-state index contributed by atoms with van der Waals surface area (Å²) in [5.74, 6) is -0.772. The zero-order valence-electron chi connectivity index (χ0n) is 11.9. The summed E-state index contributed by atoms with van der Waals surface area (Å²) in [6.45, 7) is 0.438. The fraction of sp³-hybridized carbons (Fsp3) is 0.500. The molecular weight excluding hydrogens is 292 g/mol. The highest BCUT2D eigenvalue weighted by Crippen LogP contribution is 2.29. The quantitative estimate of drug-likeness (QED) is 0.745. The van der Waals surface area contributed by atoms with Crippen LogP contribution in [-0.2, 0) is 21.4 Å². The van der Waals surface area contributed by atoms with Gasteiger partial charge in [0, 0.05) is 13.6 Å². The molecule has 1 aliphatic carbocycles. The molecule has 21 heavy (non-hydrogen) atoms. The third-order valence-electron chi connectivity index (χ3n) is 3.49. The fourth-order valence-corrected chi connectivity index (χ4v) is 3.19. The number of nitrogens with zero attached hydrogens (tertiary/aromatic N) is 1. The lowest BCUT2D eigenvalue weighted by molar-refractivity contribution is -0.138. The maximum atomic E-state index is 12.2. The Bertz CT molecular complexity index is 584. The Balaban J connectivity index is 2.02. The van der Waals surface area contributed by atoms with Crippen molar-refractivity contribution in [2.45, 2.75) is 25.3 Å². The van der Waals surface area contributed by atoms with E-state index >= 15 is 0 Å². The third-order valence-corrected chi connectivity index (χ3v) is 5.05. The summed E-state index contributed by atoms with van der Waals surface area (Å²) in [6.07, 6.45) is 2.19. The lowest BCUT2D eigenvalue weighted by Gasteiger charge is -2.21. The second kappa shape index (κ2) is 6.55. The van der Waals surface area contributed by atoms with Crippen LogP contribution in [0.3, 0.4) is 0 Å². The number of hydrogen-bond acceptors (Lipinski definition) is 3. The molecule has 0 heterocycles. The molecule has 0 aromatic heterocycles. The van der Waals surface area contributed by atoms with Gasteiger partial charge < -0.3 is 5.11 Å². The average Bonchev–Trinajstić information content (AvgIpc) is 3.22. The number of rotatable bonds is 8. The Labute approximate surface area is 125 Å². The van der Waals surface area contributed by atoms with Crippen LogP contribution in [0, 0.1) is 5.92 Å². The molecule has 1 aromatic carbocycles. The lowest BCUT2D eigenvalue weighted by atomic mass is 10.1. The lowest BCUT2D eigenvalue weighted by Crippen LogP contribution is -2.48. The molecule has 1 aromatic rings. The molecule has 1 atom stereocenters. The van der Waals surface area contributed by atoms with Crippen molar-refractivity contribution in [2.75, 3.05) is 13.6 Å². The summed E-state index contributed by atoms with van der Waals surface area (Å²) in [4.78, 5) is 11.3. The van der Waals surface area contributed by atoms with Crippen LogP contribution < -0.4 is 4.72 Å². The molecule has 2 N–H and O–H groups in total. The number of carboxylic acid groups (broad SMARTS) is 1. The average molecular weight is 312 g/mol. The van der Waals surface area contributed by atoms with Crippen molar-refractivity contribution in [3.05, 3.63) is 35.9 Å². The summed E-state index contributed by atoms with van der Waals surface area (Å²) in [5.41, 5.74) is 0.775. The molecule has 1 aliphatic rings. The van der Waals surface area contributed by atoms with Crippen LogP contribution in [0.5, 0.6) is 0 Å². The summed E-state index contributed by atoms with van der Waals surface area (Å²) in [5, 5.41) is 9.23. The highest BCUT2D eigenvalue weighted by molar-refractivity contribution is 7.87. The van der Waals surface area contributed by atoms with E-state index in [-0.39, 0.29) is 6.42 Å². The topological polar surface area (TPSA) is 86.7 Å². The monoisotopic (exact) mass is 312 g/mol. The normalized spacial score (nSPS) is 16.9. The van der Waals surface area contributed by atoms with Gasteiger partial charge in [0.2, 0.25) is 0 Å². The van der Waals surface area contributed by atoms with Crippen molar-refractivity contribution < 1.29 is 18.3 Å². The van der Waals surface area contributed by atoms with Gasteiger partial charge in [0.15, 0.2) is 0 Å². The number of carboxylic acids is 1.